The summed E-state index contributed by atoms with van der Waals surface area (Å²) in [5.74, 6) is 0.280. The van der Waals surface area contributed by atoms with Crippen molar-refractivity contribution in [3.63, 3.8) is 0 Å². The van der Waals surface area contributed by atoms with E-state index >= 15 is 0 Å². The fourth-order valence-electron chi connectivity index (χ4n) is 1.30. The lowest BCUT2D eigenvalue weighted by Gasteiger charge is -2.02. The molecule has 1 atom stereocenters. The molecule has 15 heavy (non-hydrogen) atoms. The average Bonchev–Trinajstić information content (AvgIpc) is 2.55. The van der Waals surface area contributed by atoms with Crippen molar-refractivity contribution >= 4 is 46.7 Å². The molecule has 0 aliphatic rings. The summed E-state index contributed by atoms with van der Waals surface area (Å²) in [6, 6.07) is 3.58. The van der Waals surface area contributed by atoms with Crippen LogP contribution in [0.25, 0.3) is 10.9 Å². The number of benzene rings is 1. The van der Waals surface area contributed by atoms with Gasteiger partial charge in [-0.25, -0.2) is 4.57 Å². The number of hydrogen-bond donors (Lipinski definition) is 2. The van der Waals surface area contributed by atoms with Gasteiger partial charge in [0, 0.05) is 10.7 Å². The summed E-state index contributed by atoms with van der Waals surface area (Å²) >= 11 is 9.30. The fourth-order valence-corrected chi connectivity index (χ4v) is 2.24. The van der Waals surface area contributed by atoms with Crippen molar-refractivity contribution in [1.82, 2.24) is 4.98 Å². The highest BCUT2D eigenvalue weighted by Gasteiger charge is 2.12. The third kappa shape index (κ3) is 2.06. The summed E-state index contributed by atoms with van der Waals surface area (Å²) in [7, 11) is -3.02. The molecule has 0 aliphatic carbocycles. The van der Waals surface area contributed by atoms with Crippen molar-refractivity contribution < 1.29 is 14.0 Å². The molecule has 1 heterocycles. The van der Waals surface area contributed by atoms with Crippen molar-refractivity contribution in [3.8, 4) is 5.75 Å². The molecule has 0 bridgehead atoms. The number of rotatable bonds is 2. The molecule has 1 aromatic carbocycles. The van der Waals surface area contributed by atoms with Gasteiger partial charge in [-0.05, 0) is 28.1 Å². The number of fused-ring (bicyclic) bond motifs is 1. The lowest BCUT2D eigenvalue weighted by molar-refractivity contribution is 0.412. The highest BCUT2D eigenvalue weighted by molar-refractivity contribution is 9.10. The first-order valence-corrected chi connectivity index (χ1v) is 6.39. The SMILES string of the molecule is O=[PH](O)Oc1c[nH]c2ccc(Br)c(Cl)c12. The molecule has 0 aliphatic heterocycles. The van der Waals surface area contributed by atoms with E-state index in [2.05, 4.69) is 20.9 Å². The summed E-state index contributed by atoms with van der Waals surface area (Å²) in [6.07, 6.45) is 1.50. The van der Waals surface area contributed by atoms with Crippen LogP contribution in [0.5, 0.6) is 5.75 Å². The Kier molecular flexibility index (Phi) is 3.07. The van der Waals surface area contributed by atoms with E-state index in [-0.39, 0.29) is 5.75 Å². The lowest BCUT2D eigenvalue weighted by Crippen LogP contribution is -1.79. The molecule has 2 rings (SSSR count). The molecule has 1 aromatic heterocycles. The first-order valence-electron chi connectivity index (χ1n) is 3.95. The number of nitrogens with one attached hydrogen (secondary N) is 1. The predicted molar refractivity (Wildman–Crippen MR) is 62.9 cm³/mol. The normalized spacial score (nSPS) is 13.0. The van der Waals surface area contributed by atoms with E-state index in [1.807, 2.05) is 0 Å². The Labute approximate surface area is 99.3 Å². The molecule has 0 spiro atoms. The number of halogens is 2. The standard InChI is InChI=1S/C8H6BrClNO3P/c9-4-1-2-5-7(8(4)10)6(3-11-5)14-15(12)13/h1-3,11,15H,(H,12,13). The van der Waals surface area contributed by atoms with Gasteiger partial charge in [-0.2, -0.15) is 0 Å². The fraction of sp³-hybridized carbons (Fsp3) is 0. The van der Waals surface area contributed by atoms with Crippen LogP contribution in [-0.2, 0) is 4.57 Å². The zero-order valence-corrected chi connectivity index (χ0v) is 10.6. The van der Waals surface area contributed by atoms with Gasteiger partial charge in [0.25, 0.3) is 0 Å². The van der Waals surface area contributed by atoms with Crippen LogP contribution < -0.4 is 4.52 Å². The molecule has 0 amide bonds. The summed E-state index contributed by atoms with van der Waals surface area (Å²) in [4.78, 5) is 11.6. The lowest BCUT2D eigenvalue weighted by atomic mass is 10.2. The zero-order chi connectivity index (χ0) is 11.0. The van der Waals surface area contributed by atoms with Gasteiger partial charge in [-0.1, -0.05) is 11.6 Å². The second kappa shape index (κ2) is 4.18. The third-order valence-electron chi connectivity index (χ3n) is 1.90. The Morgan fingerprint density at radius 3 is 2.93 bits per heavy atom. The van der Waals surface area contributed by atoms with E-state index in [0.29, 0.717) is 14.9 Å². The monoisotopic (exact) mass is 309 g/mol. The van der Waals surface area contributed by atoms with Crippen molar-refractivity contribution in [2.45, 2.75) is 0 Å². The largest absolute Gasteiger partial charge is 0.424 e. The minimum Gasteiger partial charge on any atom is -0.424 e. The van der Waals surface area contributed by atoms with E-state index < -0.39 is 8.25 Å². The van der Waals surface area contributed by atoms with Crippen LogP contribution in [0.4, 0.5) is 0 Å². The highest BCUT2D eigenvalue weighted by Crippen LogP contribution is 2.39. The Hall–Kier alpha value is -0.480. The molecule has 0 radical (unpaired) electrons. The zero-order valence-electron chi connectivity index (χ0n) is 7.25. The van der Waals surface area contributed by atoms with Gasteiger partial charge in [0.15, 0.2) is 5.75 Å². The molecule has 2 N–H and O–H groups in total. The molecule has 0 saturated heterocycles. The molecule has 80 valence electrons. The van der Waals surface area contributed by atoms with Crippen LogP contribution in [0.3, 0.4) is 0 Å². The average molecular weight is 310 g/mol. The van der Waals surface area contributed by atoms with E-state index in [1.54, 1.807) is 12.1 Å². The van der Waals surface area contributed by atoms with E-state index in [0.717, 1.165) is 5.52 Å². The van der Waals surface area contributed by atoms with Gasteiger partial charge < -0.3 is 14.4 Å². The summed E-state index contributed by atoms with van der Waals surface area (Å²) < 4.78 is 16.1. The quantitative estimate of drug-likeness (QED) is 0.836. The Morgan fingerprint density at radius 1 is 1.53 bits per heavy atom. The minimum atomic E-state index is -3.02. The molecule has 0 fully saturated rings. The second-order valence-electron chi connectivity index (χ2n) is 2.80. The summed E-state index contributed by atoms with van der Waals surface area (Å²) in [6.45, 7) is 0. The molecule has 4 nitrogen and oxygen atoms in total. The van der Waals surface area contributed by atoms with Crippen LogP contribution >= 0.6 is 35.8 Å². The number of aromatic nitrogens is 1. The van der Waals surface area contributed by atoms with Gasteiger partial charge in [-0.15, -0.1) is 0 Å². The van der Waals surface area contributed by atoms with Crippen molar-refractivity contribution in [1.29, 1.82) is 0 Å². The van der Waals surface area contributed by atoms with Crippen LogP contribution in [0.2, 0.25) is 5.02 Å². The number of H-pyrrole nitrogens is 1. The number of aromatic amines is 1. The first-order chi connectivity index (χ1) is 7.09. The topological polar surface area (TPSA) is 62.3 Å². The molecule has 0 saturated carbocycles. The van der Waals surface area contributed by atoms with Gasteiger partial charge in [-0.3, -0.25) is 0 Å². The van der Waals surface area contributed by atoms with Crippen molar-refractivity contribution in [2.75, 3.05) is 0 Å². The Bertz CT molecular complexity index is 542. The first kappa shape index (κ1) is 11.0. The van der Waals surface area contributed by atoms with Crippen LogP contribution in [0.15, 0.2) is 22.8 Å². The van der Waals surface area contributed by atoms with Crippen LogP contribution in [-0.4, -0.2) is 9.88 Å². The molecule has 7 heteroatoms. The van der Waals surface area contributed by atoms with Crippen LogP contribution in [0, 0.1) is 0 Å². The highest BCUT2D eigenvalue weighted by atomic mass is 79.9. The summed E-state index contributed by atoms with van der Waals surface area (Å²) in [5.41, 5.74) is 0.751. The maximum absolute atomic E-state index is 10.6. The van der Waals surface area contributed by atoms with Gasteiger partial charge in [0.2, 0.25) is 0 Å². The van der Waals surface area contributed by atoms with Crippen LogP contribution in [0.1, 0.15) is 0 Å². The molecule has 2 aromatic rings. The van der Waals surface area contributed by atoms with E-state index in [9.17, 15) is 4.57 Å². The Balaban J connectivity index is 2.66. The van der Waals surface area contributed by atoms with Gasteiger partial charge >= 0.3 is 8.25 Å². The number of hydrogen-bond acceptors (Lipinski definition) is 2. The predicted octanol–water partition coefficient (Wildman–Crippen LogP) is 3.34. The third-order valence-corrected chi connectivity index (χ3v) is 3.57. The van der Waals surface area contributed by atoms with E-state index in [1.165, 1.54) is 6.20 Å². The summed E-state index contributed by atoms with van der Waals surface area (Å²) in [5, 5.41) is 1.05. The van der Waals surface area contributed by atoms with Crippen molar-refractivity contribution in [2.24, 2.45) is 0 Å². The molecule has 1 unspecified atom stereocenters. The van der Waals surface area contributed by atoms with E-state index in [4.69, 9.17) is 21.0 Å². The Morgan fingerprint density at radius 2 is 2.27 bits per heavy atom. The van der Waals surface area contributed by atoms with Gasteiger partial charge in [0.1, 0.15) is 0 Å². The minimum absolute atomic E-state index is 0.280. The maximum atomic E-state index is 10.6. The molecular weight excluding hydrogens is 304 g/mol. The van der Waals surface area contributed by atoms with Gasteiger partial charge in [0.05, 0.1) is 15.9 Å². The second-order valence-corrected chi connectivity index (χ2v) is 4.77. The molecular formula is C8H6BrClNO3P. The van der Waals surface area contributed by atoms with Crippen molar-refractivity contribution in [3.05, 3.63) is 27.8 Å². The smallest absolute Gasteiger partial charge is 0.365 e. The maximum Gasteiger partial charge on any atom is 0.365 e.